The van der Waals surface area contributed by atoms with E-state index < -0.39 is 0 Å². The first-order chi connectivity index (χ1) is 6.72. The quantitative estimate of drug-likeness (QED) is 0.756. The van der Waals surface area contributed by atoms with Crippen LogP contribution < -0.4 is 0 Å². The fourth-order valence-corrected chi connectivity index (χ4v) is 2.05. The van der Waals surface area contributed by atoms with Gasteiger partial charge in [0, 0.05) is 17.2 Å². The van der Waals surface area contributed by atoms with Crippen LogP contribution in [0.3, 0.4) is 0 Å². The second-order valence-electron chi connectivity index (χ2n) is 4.01. The Bertz CT molecular complexity index is 391. The van der Waals surface area contributed by atoms with Crippen molar-refractivity contribution in [1.29, 1.82) is 0 Å². The summed E-state index contributed by atoms with van der Waals surface area (Å²) in [6.07, 6.45) is 4.88. The first-order valence-electron chi connectivity index (χ1n) is 5.32. The summed E-state index contributed by atoms with van der Waals surface area (Å²) in [6, 6.07) is 0. The third-order valence-corrected chi connectivity index (χ3v) is 3.52. The van der Waals surface area contributed by atoms with E-state index >= 15 is 0 Å². The summed E-state index contributed by atoms with van der Waals surface area (Å²) >= 11 is 5.25. The molecule has 0 saturated heterocycles. The Morgan fingerprint density at radius 1 is 1.50 bits per heavy atom. The average molecular weight is 208 g/mol. The average Bonchev–Trinajstić information content (AvgIpc) is 2.08. The van der Waals surface area contributed by atoms with E-state index in [1.807, 2.05) is 0 Å². The summed E-state index contributed by atoms with van der Waals surface area (Å²) < 4.78 is 0.780. The maximum Gasteiger partial charge on any atom is 0.132 e. The van der Waals surface area contributed by atoms with Crippen molar-refractivity contribution in [2.24, 2.45) is 0 Å². The van der Waals surface area contributed by atoms with Crippen LogP contribution in [0.15, 0.2) is 0 Å². The summed E-state index contributed by atoms with van der Waals surface area (Å²) in [6.45, 7) is 4.20. The molecule has 0 unspecified atom stereocenters. The molecular weight excluding hydrogens is 192 g/mol. The van der Waals surface area contributed by atoms with Crippen molar-refractivity contribution in [1.82, 2.24) is 9.97 Å². The van der Waals surface area contributed by atoms with Crippen molar-refractivity contribution >= 4 is 12.2 Å². The molecule has 1 fully saturated rings. The van der Waals surface area contributed by atoms with Crippen LogP contribution in [0.5, 0.6) is 0 Å². The highest BCUT2D eigenvalue weighted by Gasteiger charge is 2.22. The fourth-order valence-electron chi connectivity index (χ4n) is 1.83. The van der Waals surface area contributed by atoms with Gasteiger partial charge in [-0.25, -0.2) is 4.98 Å². The van der Waals surface area contributed by atoms with E-state index in [-0.39, 0.29) is 0 Å². The van der Waals surface area contributed by atoms with Gasteiger partial charge >= 0.3 is 0 Å². The van der Waals surface area contributed by atoms with Crippen molar-refractivity contribution in [2.75, 3.05) is 0 Å². The topological polar surface area (TPSA) is 28.7 Å². The number of nitrogens with one attached hydrogen (secondary N) is 1. The normalized spacial score (nSPS) is 16.7. The summed E-state index contributed by atoms with van der Waals surface area (Å²) in [5.74, 6) is 1.76. The molecule has 1 heterocycles. The van der Waals surface area contributed by atoms with Gasteiger partial charge in [0.25, 0.3) is 0 Å². The number of hydrogen-bond acceptors (Lipinski definition) is 2. The minimum atomic E-state index is 0.641. The molecule has 0 radical (unpaired) electrons. The van der Waals surface area contributed by atoms with Crippen molar-refractivity contribution < 1.29 is 0 Å². The molecule has 0 spiro atoms. The van der Waals surface area contributed by atoms with Gasteiger partial charge in [0.15, 0.2) is 0 Å². The van der Waals surface area contributed by atoms with Gasteiger partial charge in [0.2, 0.25) is 0 Å². The predicted octanol–water partition coefficient (Wildman–Crippen LogP) is 3.28. The van der Waals surface area contributed by atoms with Gasteiger partial charge in [0.05, 0.1) is 0 Å². The van der Waals surface area contributed by atoms with Gasteiger partial charge in [0.1, 0.15) is 10.5 Å². The van der Waals surface area contributed by atoms with Crippen LogP contribution in [0.2, 0.25) is 0 Å². The lowest BCUT2D eigenvalue weighted by atomic mass is 9.85. The number of nitrogens with zero attached hydrogens (tertiary/aromatic N) is 1. The van der Waals surface area contributed by atoms with Crippen LogP contribution >= 0.6 is 12.2 Å². The lowest BCUT2D eigenvalue weighted by molar-refractivity contribution is 0.399. The largest absolute Gasteiger partial charge is 0.347 e. The molecule has 14 heavy (non-hydrogen) atoms. The monoisotopic (exact) mass is 208 g/mol. The number of aromatic amines is 1. The summed E-state index contributed by atoms with van der Waals surface area (Å²) in [7, 11) is 0. The first-order valence-corrected chi connectivity index (χ1v) is 5.73. The first kappa shape index (κ1) is 9.84. The van der Waals surface area contributed by atoms with Gasteiger partial charge in [-0.2, -0.15) is 0 Å². The van der Waals surface area contributed by atoms with Gasteiger partial charge in [-0.15, -0.1) is 0 Å². The Morgan fingerprint density at radius 3 is 2.71 bits per heavy atom. The Hall–Kier alpha value is -0.700. The van der Waals surface area contributed by atoms with Crippen LogP contribution in [0, 0.1) is 11.6 Å². The minimum Gasteiger partial charge on any atom is -0.347 e. The molecule has 1 aromatic rings. The molecule has 0 aliphatic heterocycles. The van der Waals surface area contributed by atoms with E-state index in [2.05, 4.69) is 23.8 Å². The van der Waals surface area contributed by atoms with Crippen molar-refractivity contribution in [3.8, 4) is 0 Å². The van der Waals surface area contributed by atoms with E-state index in [0.717, 1.165) is 22.4 Å². The van der Waals surface area contributed by atoms with Crippen LogP contribution in [0.4, 0.5) is 0 Å². The molecule has 0 aromatic carbocycles. The molecule has 0 bridgehead atoms. The molecule has 0 atom stereocenters. The molecule has 1 aliphatic carbocycles. The highest BCUT2D eigenvalue weighted by atomic mass is 32.1. The SMILES string of the molecule is CCc1[nH]c(C2CCC2)nc(=S)c1C. The molecule has 1 saturated carbocycles. The van der Waals surface area contributed by atoms with Crippen molar-refractivity contribution in [2.45, 2.75) is 45.4 Å². The third kappa shape index (κ3) is 1.61. The van der Waals surface area contributed by atoms with Gasteiger partial charge in [-0.05, 0) is 26.2 Å². The molecule has 76 valence electrons. The zero-order chi connectivity index (χ0) is 10.1. The lowest BCUT2D eigenvalue weighted by Crippen LogP contribution is -2.14. The smallest absolute Gasteiger partial charge is 0.132 e. The van der Waals surface area contributed by atoms with E-state index in [9.17, 15) is 0 Å². The summed E-state index contributed by atoms with van der Waals surface area (Å²) in [5, 5.41) is 0. The Balaban J connectivity index is 2.42. The van der Waals surface area contributed by atoms with Crippen molar-refractivity contribution in [3.05, 3.63) is 21.7 Å². The maximum absolute atomic E-state index is 5.25. The Morgan fingerprint density at radius 2 is 2.21 bits per heavy atom. The molecular formula is C11H16N2S. The summed E-state index contributed by atoms with van der Waals surface area (Å²) in [5.41, 5.74) is 2.40. The number of aromatic nitrogens is 2. The Labute approximate surface area is 89.8 Å². The molecule has 2 rings (SSSR count). The second kappa shape index (κ2) is 3.81. The second-order valence-corrected chi connectivity index (χ2v) is 4.40. The maximum atomic E-state index is 5.25. The van der Waals surface area contributed by atoms with E-state index in [1.165, 1.54) is 25.0 Å². The molecule has 1 aliphatic rings. The van der Waals surface area contributed by atoms with Gasteiger partial charge in [-0.1, -0.05) is 25.6 Å². The highest BCUT2D eigenvalue weighted by Crippen LogP contribution is 2.34. The number of H-pyrrole nitrogens is 1. The molecule has 2 nitrogen and oxygen atoms in total. The minimum absolute atomic E-state index is 0.641. The molecule has 1 N–H and O–H groups in total. The fraction of sp³-hybridized carbons (Fsp3) is 0.636. The molecule has 1 aromatic heterocycles. The highest BCUT2D eigenvalue weighted by molar-refractivity contribution is 7.71. The van der Waals surface area contributed by atoms with E-state index in [1.54, 1.807) is 0 Å². The summed E-state index contributed by atoms with van der Waals surface area (Å²) in [4.78, 5) is 7.89. The van der Waals surface area contributed by atoms with E-state index in [4.69, 9.17) is 12.2 Å². The van der Waals surface area contributed by atoms with Gasteiger partial charge in [-0.3, -0.25) is 0 Å². The number of aryl methyl sites for hydroxylation is 1. The van der Waals surface area contributed by atoms with Crippen molar-refractivity contribution in [3.63, 3.8) is 0 Å². The standard InChI is InChI=1S/C11H16N2S/c1-3-9-7(2)11(14)13-10(12-9)8-5-4-6-8/h8H,3-6H2,1-2H3,(H,12,13,14). The molecule has 3 heteroatoms. The molecule has 0 amide bonds. The van der Waals surface area contributed by atoms with Crippen LogP contribution in [0.25, 0.3) is 0 Å². The predicted molar refractivity (Wildman–Crippen MR) is 60.1 cm³/mol. The van der Waals surface area contributed by atoms with Crippen LogP contribution in [-0.4, -0.2) is 9.97 Å². The zero-order valence-electron chi connectivity index (χ0n) is 8.76. The van der Waals surface area contributed by atoms with E-state index in [0.29, 0.717) is 5.92 Å². The Kier molecular flexibility index (Phi) is 2.68. The number of hydrogen-bond donors (Lipinski definition) is 1. The van der Waals surface area contributed by atoms with Gasteiger partial charge < -0.3 is 4.98 Å². The number of rotatable bonds is 2. The lowest BCUT2D eigenvalue weighted by Gasteiger charge is -2.25. The zero-order valence-corrected chi connectivity index (χ0v) is 9.58. The van der Waals surface area contributed by atoms with Crippen LogP contribution in [-0.2, 0) is 6.42 Å². The third-order valence-electron chi connectivity index (χ3n) is 3.12. The van der Waals surface area contributed by atoms with Crippen LogP contribution in [0.1, 0.15) is 49.2 Å².